The number of benzene rings is 1. The first-order valence-corrected chi connectivity index (χ1v) is 5.28. The van der Waals surface area contributed by atoms with Crippen LogP contribution in [-0.2, 0) is 9.53 Å². The highest BCUT2D eigenvalue weighted by Crippen LogP contribution is 2.27. The van der Waals surface area contributed by atoms with E-state index in [0.29, 0.717) is 11.3 Å². The van der Waals surface area contributed by atoms with E-state index in [2.05, 4.69) is 0 Å². The smallest absolute Gasteiger partial charge is 0.348 e. The summed E-state index contributed by atoms with van der Waals surface area (Å²) < 4.78 is 9.62. The van der Waals surface area contributed by atoms with Gasteiger partial charge in [0.05, 0.1) is 13.7 Å². The normalized spacial score (nSPS) is 10.6. The van der Waals surface area contributed by atoms with Crippen molar-refractivity contribution in [2.24, 2.45) is 0 Å². The molecule has 0 atom stereocenters. The second kappa shape index (κ2) is 6.30. The number of carbonyl (C=O) groups is 1. The molecule has 0 bridgehead atoms. The average Bonchev–Trinajstić information content (AvgIpc) is 2.36. The zero-order valence-electron chi connectivity index (χ0n) is 10.1. The third-order valence-electron chi connectivity index (χ3n) is 2.13. The molecule has 0 spiro atoms. The molecule has 0 aromatic heterocycles. The van der Waals surface area contributed by atoms with Gasteiger partial charge in [0.2, 0.25) is 0 Å². The Kier molecular flexibility index (Phi) is 4.76. The van der Waals surface area contributed by atoms with Crippen LogP contribution in [0.4, 0.5) is 0 Å². The van der Waals surface area contributed by atoms with Crippen LogP contribution in [0, 0.1) is 11.3 Å². The Labute approximate surface area is 105 Å². The number of carbonyl (C=O) groups excluding carboxylic acids is 1. The molecule has 5 heteroatoms. The standard InChI is InChI=1S/C13H13NO4/c1-3-18-13(16)10(8-14)6-9-4-5-12(17-2)11(15)7-9/h4-7,15H,3H2,1-2H3/b10-6+. The lowest BCUT2D eigenvalue weighted by Crippen LogP contribution is -2.05. The van der Waals surface area contributed by atoms with Gasteiger partial charge in [-0.2, -0.15) is 5.26 Å². The van der Waals surface area contributed by atoms with Gasteiger partial charge < -0.3 is 14.6 Å². The van der Waals surface area contributed by atoms with Crippen LogP contribution in [-0.4, -0.2) is 24.8 Å². The van der Waals surface area contributed by atoms with Gasteiger partial charge in [-0.1, -0.05) is 6.07 Å². The second-order valence-corrected chi connectivity index (χ2v) is 3.32. The van der Waals surface area contributed by atoms with E-state index in [1.165, 1.54) is 19.3 Å². The number of aromatic hydroxyl groups is 1. The molecule has 1 N–H and O–H groups in total. The molecule has 0 aliphatic rings. The molecule has 0 aliphatic carbocycles. The number of phenols is 1. The molecule has 5 nitrogen and oxygen atoms in total. The van der Waals surface area contributed by atoms with E-state index in [-0.39, 0.29) is 17.9 Å². The van der Waals surface area contributed by atoms with Crippen LogP contribution in [0.5, 0.6) is 11.5 Å². The molecule has 1 aromatic carbocycles. The number of esters is 1. The Balaban J connectivity index is 3.04. The molecule has 0 saturated carbocycles. The van der Waals surface area contributed by atoms with Gasteiger partial charge in [0.1, 0.15) is 11.6 Å². The Bertz CT molecular complexity index is 514. The number of hydrogen-bond donors (Lipinski definition) is 1. The number of nitrogens with zero attached hydrogens (tertiary/aromatic N) is 1. The number of phenolic OH excluding ortho intramolecular Hbond substituents is 1. The molecule has 0 saturated heterocycles. The predicted octanol–water partition coefficient (Wildman–Crippen LogP) is 1.87. The van der Waals surface area contributed by atoms with E-state index in [4.69, 9.17) is 14.7 Å². The lowest BCUT2D eigenvalue weighted by molar-refractivity contribution is -0.137. The molecule has 0 radical (unpaired) electrons. The first kappa shape index (κ1) is 13.6. The highest BCUT2D eigenvalue weighted by atomic mass is 16.5. The fourth-order valence-electron chi connectivity index (χ4n) is 1.31. The highest BCUT2D eigenvalue weighted by molar-refractivity contribution is 5.97. The molecule has 0 aliphatic heterocycles. The summed E-state index contributed by atoms with van der Waals surface area (Å²) >= 11 is 0. The van der Waals surface area contributed by atoms with Gasteiger partial charge in [-0.15, -0.1) is 0 Å². The molecule has 1 rings (SSSR count). The van der Waals surface area contributed by atoms with Crippen molar-refractivity contribution in [1.82, 2.24) is 0 Å². The van der Waals surface area contributed by atoms with Crippen molar-refractivity contribution in [2.75, 3.05) is 13.7 Å². The molecule has 0 amide bonds. The van der Waals surface area contributed by atoms with Crippen LogP contribution in [0.25, 0.3) is 6.08 Å². The van der Waals surface area contributed by atoms with E-state index < -0.39 is 5.97 Å². The van der Waals surface area contributed by atoms with Gasteiger partial charge in [0.15, 0.2) is 11.5 Å². The summed E-state index contributed by atoms with van der Waals surface area (Å²) in [5.41, 5.74) is 0.388. The summed E-state index contributed by atoms with van der Waals surface area (Å²) in [5, 5.41) is 18.4. The number of rotatable bonds is 4. The highest BCUT2D eigenvalue weighted by Gasteiger charge is 2.10. The summed E-state index contributed by atoms with van der Waals surface area (Å²) in [4.78, 5) is 11.4. The van der Waals surface area contributed by atoms with Gasteiger partial charge in [0.25, 0.3) is 0 Å². The van der Waals surface area contributed by atoms with Crippen LogP contribution >= 0.6 is 0 Å². The maximum absolute atomic E-state index is 11.4. The van der Waals surface area contributed by atoms with Crippen LogP contribution in [0.15, 0.2) is 23.8 Å². The zero-order valence-corrected chi connectivity index (χ0v) is 10.1. The van der Waals surface area contributed by atoms with E-state index in [1.807, 2.05) is 0 Å². The van der Waals surface area contributed by atoms with Crippen LogP contribution < -0.4 is 4.74 Å². The summed E-state index contributed by atoms with van der Waals surface area (Å²) in [7, 11) is 1.43. The van der Waals surface area contributed by atoms with Gasteiger partial charge in [-0.25, -0.2) is 4.79 Å². The first-order chi connectivity index (χ1) is 8.62. The number of methoxy groups -OCH3 is 1. The van der Waals surface area contributed by atoms with Crippen molar-refractivity contribution >= 4 is 12.0 Å². The fraction of sp³-hybridized carbons (Fsp3) is 0.231. The first-order valence-electron chi connectivity index (χ1n) is 5.28. The average molecular weight is 247 g/mol. The Morgan fingerprint density at radius 1 is 1.56 bits per heavy atom. The summed E-state index contributed by atoms with van der Waals surface area (Å²) in [6.45, 7) is 1.86. The van der Waals surface area contributed by atoms with E-state index in [9.17, 15) is 9.90 Å². The van der Waals surface area contributed by atoms with Crippen molar-refractivity contribution in [3.63, 3.8) is 0 Å². The molecule has 94 valence electrons. The van der Waals surface area contributed by atoms with E-state index >= 15 is 0 Å². The molecular weight excluding hydrogens is 234 g/mol. The molecule has 0 fully saturated rings. The van der Waals surface area contributed by atoms with Gasteiger partial charge in [-0.3, -0.25) is 0 Å². The van der Waals surface area contributed by atoms with Crippen LogP contribution in [0.3, 0.4) is 0 Å². The van der Waals surface area contributed by atoms with E-state index in [1.54, 1.807) is 25.1 Å². The largest absolute Gasteiger partial charge is 0.504 e. The monoisotopic (exact) mass is 247 g/mol. The third-order valence-corrected chi connectivity index (χ3v) is 2.13. The summed E-state index contributed by atoms with van der Waals surface area (Å²) in [6.07, 6.45) is 1.34. The Morgan fingerprint density at radius 3 is 2.78 bits per heavy atom. The van der Waals surface area contributed by atoms with Crippen molar-refractivity contribution in [1.29, 1.82) is 5.26 Å². The Morgan fingerprint density at radius 2 is 2.28 bits per heavy atom. The minimum Gasteiger partial charge on any atom is -0.504 e. The van der Waals surface area contributed by atoms with E-state index in [0.717, 1.165) is 0 Å². The van der Waals surface area contributed by atoms with Crippen LogP contribution in [0.2, 0.25) is 0 Å². The third kappa shape index (κ3) is 3.25. The minimum atomic E-state index is -0.685. The molecule has 1 aromatic rings. The van der Waals surface area contributed by atoms with Crippen molar-refractivity contribution in [3.8, 4) is 17.6 Å². The SMILES string of the molecule is CCOC(=O)/C(C#N)=C/c1ccc(OC)c(O)c1. The quantitative estimate of drug-likeness (QED) is 0.499. The van der Waals surface area contributed by atoms with Crippen LogP contribution in [0.1, 0.15) is 12.5 Å². The Hall–Kier alpha value is -2.48. The fourth-order valence-corrected chi connectivity index (χ4v) is 1.31. The molecule has 0 heterocycles. The molecular formula is C13H13NO4. The summed E-state index contributed by atoms with van der Waals surface area (Å²) in [5.74, 6) is -0.426. The van der Waals surface area contributed by atoms with Gasteiger partial charge >= 0.3 is 5.97 Å². The van der Waals surface area contributed by atoms with Crippen molar-refractivity contribution in [3.05, 3.63) is 29.3 Å². The van der Waals surface area contributed by atoms with Gasteiger partial charge in [-0.05, 0) is 30.7 Å². The second-order valence-electron chi connectivity index (χ2n) is 3.32. The van der Waals surface area contributed by atoms with Crippen molar-refractivity contribution < 1.29 is 19.4 Å². The molecule has 18 heavy (non-hydrogen) atoms. The lowest BCUT2D eigenvalue weighted by atomic mass is 10.1. The lowest BCUT2D eigenvalue weighted by Gasteiger charge is -2.04. The number of hydrogen-bond acceptors (Lipinski definition) is 5. The maximum Gasteiger partial charge on any atom is 0.348 e. The van der Waals surface area contributed by atoms with Crippen molar-refractivity contribution in [2.45, 2.75) is 6.92 Å². The minimum absolute atomic E-state index is 0.0626. The maximum atomic E-state index is 11.4. The predicted molar refractivity (Wildman–Crippen MR) is 64.9 cm³/mol. The number of ether oxygens (including phenoxy) is 2. The molecule has 0 unspecified atom stereocenters. The topological polar surface area (TPSA) is 79.6 Å². The summed E-state index contributed by atoms with van der Waals surface area (Å²) in [6, 6.07) is 6.32. The van der Waals surface area contributed by atoms with Gasteiger partial charge in [0, 0.05) is 0 Å². The zero-order chi connectivity index (χ0) is 13.5. The number of nitriles is 1.